The lowest BCUT2D eigenvalue weighted by molar-refractivity contribution is 0.104. The van der Waals surface area contributed by atoms with Gasteiger partial charge >= 0.3 is 0 Å². The van der Waals surface area contributed by atoms with Crippen molar-refractivity contribution >= 4 is 50.2 Å². The van der Waals surface area contributed by atoms with Gasteiger partial charge in [-0.15, -0.1) is 22.7 Å². The highest BCUT2D eigenvalue weighted by Gasteiger charge is 2.25. The van der Waals surface area contributed by atoms with E-state index in [1.807, 2.05) is 17.5 Å². The van der Waals surface area contributed by atoms with Gasteiger partial charge < -0.3 is 11.5 Å². The van der Waals surface area contributed by atoms with Crippen LogP contribution in [0.1, 0.15) is 20.8 Å². The molecule has 0 unspecified atom stereocenters. The van der Waals surface area contributed by atoms with Crippen molar-refractivity contribution in [2.24, 2.45) is 0 Å². The van der Waals surface area contributed by atoms with E-state index >= 15 is 0 Å². The molecule has 5 nitrogen and oxygen atoms in total. The Kier molecular flexibility index (Phi) is 4.11. The fourth-order valence-electron chi connectivity index (χ4n) is 2.85. The fraction of sp³-hybridized carbons (Fsp3) is 0. The smallest absolute Gasteiger partial charge is 0.205 e. The van der Waals surface area contributed by atoms with E-state index in [9.17, 15) is 14.4 Å². The highest BCUT2D eigenvalue weighted by atomic mass is 32.1. The predicted octanol–water partition coefficient (Wildman–Crippen LogP) is 4.43. The Hall–Kier alpha value is -3.28. The van der Waals surface area contributed by atoms with Crippen LogP contribution in [0.4, 0.5) is 15.9 Å². The largest absolute Gasteiger partial charge is 0.397 e. The first-order valence-electron chi connectivity index (χ1n) is 7.77. The third kappa shape index (κ3) is 2.73. The van der Waals surface area contributed by atoms with Crippen molar-refractivity contribution in [3.63, 3.8) is 0 Å². The average molecular weight is 394 g/mol. The van der Waals surface area contributed by atoms with E-state index < -0.39 is 5.82 Å². The van der Waals surface area contributed by atoms with Crippen LogP contribution in [0.2, 0.25) is 0 Å². The fourth-order valence-corrected chi connectivity index (χ4v) is 4.71. The first kappa shape index (κ1) is 17.1. The predicted molar refractivity (Wildman–Crippen MR) is 106 cm³/mol. The number of pyridine rings is 1. The number of rotatable bonds is 3. The highest BCUT2D eigenvalue weighted by Crippen LogP contribution is 2.44. The number of nitrogens with zero attached hydrogens (tertiary/aromatic N) is 2. The number of nitrogen functional groups attached to an aromatic ring is 2. The Morgan fingerprint density at radius 3 is 2.56 bits per heavy atom. The van der Waals surface area contributed by atoms with E-state index in [-0.39, 0.29) is 27.7 Å². The Morgan fingerprint density at radius 1 is 1.19 bits per heavy atom. The maximum absolute atomic E-state index is 13.2. The molecule has 8 heteroatoms. The molecule has 4 rings (SSSR count). The van der Waals surface area contributed by atoms with Crippen molar-refractivity contribution in [1.29, 1.82) is 5.26 Å². The van der Waals surface area contributed by atoms with Crippen molar-refractivity contribution in [3.8, 4) is 16.5 Å². The van der Waals surface area contributed by atoms with Gasteiger partial charge in [-0.25, -0.2) is 9.37 Å². The number of hydrogen-bond acceptors (Lipinski definition) is 7. The van der Waals surface area contributed by atoms with Crippen LogP contribution in [0, 0.1) is 17.1 Å². The third-order valence-corrected chi connectivity index (χ3v) is 6.08. The van der Waals surface area contributed by atoms with Gasteiger partial charge in [-0.3, -0.25) is 4.79 Å². The number of ketones is 1. The Bertz CT molecular complexity index is 1220. The lowest BCUT2D eigenvalue weighted by atomic mass is 10.0. The molecular formula is C19H11FN4OS2. The summed E-state index contributed by atoms with van der Waals surface area (Å²) in [5, 5.41) is 12.0. The van der Waals surface area contributed by atoms with Gasteiger partial charge in [-0.05, 0) is 35.7 Å². The zero-order valence-electron chi connectivity index (χ0n) is 13.7. The molecule has 132 valence electrons. The van der Waals surface area contributed by atoms with Gasteiger partial charge in [-0.1, -0.05) is 6.07 Å². The minimum Gasteiger partial charge on any atom is -0.397 e. The molecule has 0 bridgehead atoms. The molecule has 0 aliphatic carbocycles. The topological polar surface area (TPSA) is 106 Å². The standard InChI is InChI=1S/C19H11FN4OS2/c20-10-5-3-9(4-6-10)16(25)17-15(22)14-13(12-2-1-7-26-12)11(8-21)18(23)24-19(14)27-17/h1-7H,22H2,(H2,23,24). The van der Waals surface area contributed by atoms with Crippen LogP contribution >= 0.6 is 22.7 Å². The molecule has 0 aliphatic rings. The molecule has 0 amide bonds. The number of thiophene rings is 2. The van der Waals surface area contributed by atoms with Crippen LogP contribution < -0.4 is 11.5 Å². The molecule has 1 aromatic carbocycles. The number of anilines is 2. The molecule has 3 aromatic heterocycles. The van der Waals surface area contributed by atoms with Crippen molar-refractivity contribution in [2.75, 3.05) is 11.5 Å². The van der Waals surface area contributed by atoms with Crippen LogP contribution in [0.25, 0.3) is 20.7 Å². The third-order valence-electron chi connectivity index (χ3n) is 4.10. The van der Waals surface area contributed by atoms with Crippen molar-refractivity contribution < 1.29 is 9.18 Å². The van der Waals surface area contributed by atoms with Crippen LogP contribution in [-0.4, -0.2) is 10.8 Å². The molecule has 0 saturated heterocycles. The molecule has 0 spiro atoms. The van der Waals surface area contributed by atoms with Crippen molar-refractivity contribution in [1.82, 2.24) is 4.98 Å². The van der Waals surface area contributed by atoms with Gasteiger partial charge in [0.15, 0.2) is 0 Å². The number of nitriles is 1. The number of benzene rings is 1. The molecule has 0 radical (unpaired) electrons. The van der Waals surface area contributed by atoms with E-state index in [0.29, 0.717) is 21.3 Å². The normalized spacial score (nSPS) is 10.8. The summed E-state index contributed by atoms with van der Waals surface area (Å²) < 4.78 is 13.2. The molecular weight excluding hydrogens is 383 g/mol. The Labute approximate surface area is 161 Å². The Balaban J connectivity index is 2.00. The number of nitrogens with two attached hydrogens (primary N) is 2. The molecule has 0 saturated carbocycles. The number of carbonyl (C=O) groups excluding carboxylic acids is 1. The van der Waals surface area contributed by atoms with Gasteiger partial charge in [-0.2, -0.15) is 5.26 Å². The van der Waals surface area contributed by atoms with Gasteiger partial charge in [0, 0.05) is 21.4 Å². The molecule has 27 heavy (non-hydrogen) atoms. The average Bonchev–Trinajstić information content (AvgIpc) is 3.29. The molecule has 3 heterocycles. The van der Waals surface area contributed by atoms with Gasteiger partial charge in [0.25, 0.3) is 0 Å². The quantitative estimate of drug-likeness (QED) is 0.500. The van der Waals surface area contributed by atoms with Crippen LogP contribution in [0.15, 0.2) is 41.8 Å². The second kappa shape index (κ2) is 6.46. The van der Waals surface area contributed by atoms with Crippen molar-refractivity contribution in [3.05, 3.63) is 63.6 Å². The van der Waals surface area contributed by atoms with Crippen molar-refractivity contribution in [2.45, 2.75) is 0 Å². The lowest BCUT2D eigenvalue weighted by Crippen LogP contribution is -2.02. The molecule has 0 aliphatic heterocycles. The second-order valence-corrected chi connectivity index (χ2v) is 7.64. The number of carbonyl (C=O) groups is 1. The zero-order chi connectivity index (χ0) is 19.1. The summed E-state index contributed by atoms with van der Waals surface area (Å²) in [6.45, 7) is 0. The van der Waals surface area contributed by atoms with Crippen LogP contribution in [-0.2, 0) is 0 Å². The number of hydrogen-bond donors (Lipinski definition) is 2. The maximum Gasteiger partial charge on any atom is 0.205 e. The number of halogens is 1. The first-order chi connectivity index (χ1) is 13.0. The maximum atomic E-state index is 13.2. The summed E-state index contributed by atoms with van der Waals surface area (Å²) in [4.78, 5) is 18.7. The van der Waals surface area contributed by atoms with E-state index in [0.717, 1.165) is 16.2 Å². The van der Waals surface area contributed by atoms with Crippen LogP contribution in [0.3, 0.4) is 0 Å². The van der Waals surface area contributed by atoms with E-state index in [4.69, 9.17) is 11.5 Å². The number of aromatic nitrogens is 1. The van der Waals surface area contributed by atoms with E-state index in [2.05, 4.69) is 11.1 Å². The molecule has 4 aromatic rings. The van der Waals surface area contributed by atoms with Gasteiger partial charge in [0.2, 0.25) is 5.78 Å². The summed E-state index contributed by atoms with van der Waals surface area (Å²) in [7, 11) is 0. The monoisotopic (exact) mass is 394 g/mol. The minimum absolute atomic E-state index is 0.0930. The summed E-state index contributed by atoms with van der Waals surface area (Å²) in [5.41, 5.74) is 13.7. The summed E-state index contributed by atoms with van der Waals surface area (Å²) >= 11 is 2.55. The summed E-state index contributed by atoms with van der Waals surface area (Å²) in [5.74, 6) is -0.663. The van der Waals surface area contributed by atoms with Gasteiger partial charge in [0.1, 0.15) is 33.0 Å². The molecule has 0 atom stereocenters. The van der Waals surface area contributed by atoms with E-state index in [1.165, 1.54) is 35.6 Å². The van der Waals surface area contributed by atoms with Gasteiger partial charge in [0.05, 0.1) is 5.69 Å². The Morgan fingerprint density at radius 2 is 1.93 bits per heavy atom. The molecule has 4 N–H and O–H groups in total. The first-order valence-corrected chi connectivity index (χ1v) is 9.46. The SMILES string of the molecule is N#Cc1c(N)nc2sc(C(=O)c3ccc(F)cc3)c(N)c2c1-c1cccs1. The minimum atomic E-state index is -0.427. The second-order valence-electron chi connectivity index (χ2n) is 5.70. The lowest BCUT2D eigenvalue weighted by Gasteiger charge is -2.07. The van der Waals surface area contributed by atoms with E-state index in [1.54, 1.807) is 0 Å². The summed E-state index contributed by atoms with van der Waals surface area (Å²) in [6.07, 6.45) is 0. The molecule has 0 fully saturated rings. The van der Waals surface area contributed by atoms with Crippen LogP contribution in [0.5, 0.6) is 0 Å². The highest BCUT2D eigenvalue weighted by molar-refractivity contribution is 7.21. The number of fused-ring (bicyclic) bond motifs is 1. The zero-order valence-corrected chi connectivity index (χ0v) is 15.3. The summed E-state index contributed by atoms with van der Waals surface area (Å²) in [6, 6.07) is 11.1.